The Kier molecular flexibility index (Phi) is 4.81. The number of hydrogen-bond acceptors (Lipinski definition) is 3. The van der Waals surface area contributed by atoms with Crippen LogP contribution in [0, 0.1) is 0 Å². The molecule has 4 nitrogen and oxygen atoms in total. The summed E-state index contributed by atoms with van der Waals surface area (Å²) in [4.78, 5) is 0. The molecule has 0 aliphatic rings. The van der Waals surface area contributed by atoms with E-state index in [2.05, 4.69) is 22.7 Å². The Bertz CT molecular complexity index is 623. The molecule has 0 aliphatic carbocycles. The van der Waals surface area contributed by atoms with Crippen LogP contribution in [-0.4, -0.2) is 16.4 Å². The zero-order valence-electron chi connectivity index (χ0n) is 10.8. The molecule has 0 atom stereocenters. The van der Waals surface area contributed by atoms with Gasteiger partial charge in [-0.1, -0.05) is 48.5 Å². The summed E-state index contributed by atoms with van der Waals surface area (Å²) in [5.41, 5.74) is 11.7. The third kappa shape index (κ3) is 3.63. The van der Waals surface area contributed by atoms with E-state index in [1.807, 2.05) is 48.5 Å². The lowest BCUT2D eigenvalue weighted by Gasteiger charge is -2.07. The Morgan fingerprint density at radius 3 is 2.55 bits per heavy atom. The van der Waals surface area contributed by atoms with Gasteiger partial charge in [-0.3, -0.25) is 5.43 Å². The molecule has 0 spiro atoms. The van der Waals surface area contributed by atoms with Crippen molar-refractivity contribution in [2.45, 2.75) is 6.61 Å². The highest BCUT2D eigenvalue weighted by Crippen LogP contribution is 2.23. The van der Waals surface area contributed by atoms with Gasteiger partial charge in [-0.2, -0.15) is 5.10 Å². The van der Waals surface area contributed by atoms with Gasteiger partial charge in [-0.25, -0.2) is 0 Å². The summed E-state index contributed by atoms with van der Waals surface area (Å²) in [6.45, 7) is 0.0250. The lowest BCUT2D eigenvalue weighted by Crippen LogP contribution is -2.23. The highest BCUT2D eigenvalue weighted by molar-refractivity contribution is 7.80. The van der Waals surface area contributed by atoms with Gasteiger partial charge in [-0.05, 0) is 34.5 Å². The van der Waals surface area contributed by atoms with Gasteiger partial charge in [0.05, 0.1) is 12.8 Å². The molecule has 20 heavy (non-hydrogen) atoms. The second-order valence-electron chi connectivity index (χ2n) is 4.17. The van der Waals surface area contributed by atoms with Gasteiger partial charge in [0.2, 0.25) is 0 Å². The van der Waals surface area contributed by atoms with Gasteiger partial charge >= 0.3 is 0 Å². The first-order valence-corrected chi connectivity index (χ1v) is 6.49. The van der Waals surface area contributed by atoms with Crippen LogP contribution in [0.4, 0.5) is 0 Å². The normalized spacial score (nSPS) is 10.7. The van der Waals surface area contributed by atoms with Gasteiger partial charge in [-0.15, -0.1) is 0 Å². The summed E-state index contributed by atoms with van der Waals surface area (Å²) >= 11 is 4.65. The first-order valence-electron chi connectivity index (χ1n) is 6.08. The van der Waals surface area contributed by atoms with Crippen molar-refractivity contribution >= 4 is 23.5 Å². The lowest BCUT2D eigenvalue weighted by atomic mass is 9.99. The van der Waals surface area contributed by atoms with E-state index in [-0.39, 0.29) is 11.7 Å². The minimum atomic E-state index is 0.0250. The molecular weight excluding hydrogens is 270 g/mol. The van der Waals surface area contributed by atoms with Gasteiger partial charge in [0, 0.05) is 0 Å². The SMILES string of the molecule is NC(=S)NN=Cc1ccc(-c2ccccc2CO)cc1. The molecular formula is C15H15N3OS. The van der Waals surface area contributed by atoms with E-state index in [1.54, 1.807) is 6.21 Å². The van der Waals surface area contributed by atoms with Crippen LogP contribution in [0.1, 0.15) is 11.1 Å². The molecule has 0 fully saturated rings. The maximum atomic E-state index is 9.35. The molecule has 0 unspecified atom stereocenters. The number of benzene rings is 2. The minimum Gasteiger partial charge on any atom is -0.392 e. The number of thiocarbonyl (C=S) groups is 1. The maximum Gasteiger partial charge on any atom is 0.184 e. The summed E-state index contributed by atoms with van der Waals surface area (Å²) in [6.07, 6.45) is 1.64. The number of hydrogen-bond donors (Lipinski definition) is 3. The number of aliphatic hydroxyl groups is 1. The average molecular weight is 285 g/mol. The van der Waals surface area contributed by atoms with E-state index in [0.29, 0.717) is 0 Å². The van der Waals surface area contributed by atoms with Gasteiger partial charge in [0.25, 0.3) is 0 Å². The monoisotopic (exact) mass is 285 g/mol. The second-order valence-corrected chi connectivity index (χ2v) is 4.61. The molecule has 4 N–H and O–H groups in total. The largest absolute Gasteiger partial charge is 0.392 e. The summed E-state index contributed by atoms with van der Waals surface area (Å²) in [6, 6.07) is 15.6. The van der Waals surface area contributed by atoms with Crippen molar-refractivity contribution in [1.82, 2.24) is 5.43 Å². The number of nitrogens with zero attached hydrogens (tertiary/aromatic N) is 1. The van der Waals surface area contributed by atoms with Gasteiger partial charge in [0.15, 0.2) is 5.11 Å². The predicted octanol–water partition coefficient (Wildman–Crippen LogP) is 2.01. The summed E-state index contributed by atoms with van der Waals surface area (Å²) in [5, 5.41) is 13.4. The Morgan fingerprint density at radius 1 is 1.20 bits per heavy atom. The number of hydrazone groups is 1. The van der Waals surface area contributed by atoms with Crippen LogP contribution in [-0.2, 0) is 6.61 Å². The van der Waals surface area contributed by atoms with E-state index in [9.17, 15) is 5.11 Å². The van der Waals surface area contributed by atoms with Crippen molar-refractivity contribution in [3.63, 3.8) is 0 Å². The van der Waals surface area contributed by atoms with Crippen molar-refractivity contribution in [2.24, 2.45) is 10.8 Å². The van der Waals surface area contributed by atoms with Crippen molar-refractivity contribution < 1.29 is 5.11 Å². The van der Waals surface area contributed by atoms with E-state index >= 15 is 0 Å². The first-order chi connectivity index (χ1) is 9.70. The number of aliphatic hydroxyl groups excluding tert-OH is 1. The van der Waals surface area contributed by atoms with E-state index < -0.39 is 0 Å². The van der Waals surface area contributed by atoms with Gasteiger partial charge in [0.1, 0.15) is 0 Å². The fraction of sp³-hybridized carbons (Fsp3) is 0.0667. The van der Waals surface area contributed by atoms with Crippen LogP contribution in [0.25, 0.3) is 11.1 Å². The molecule has 0 heterocycles. The Morgan fingerprint density at radius 2 is 1.90 bits per heavy atom. The summed E-state index contributed by atoms with van der Waals surface area (Å²) < 4.78 is 0. The molecule has 5 heteroatoms. The second kappa shape index (κ2) is 6.79. The zero-order valence-corrected chi connectivity index (χ0v) is 11.6. The van der Waals surface area contributed by atoms with Crippen molar-refractivity contribution in [2.75, 3.05) is 0 Å². The minimum absolute atomic E-state index is 0.0250. The summed E-state index contributed by atoms with van der Waals surface area (Å²) in [7, 11) is 0. The Balaban J connectivity index is 2.19. The molecule has 102 valence electrons. The lowest BCUT2D eigenvalue weighted by molar-refractivity contribution is 0.282. The van der Waals surface area contributed by atoms with Gasteiger partial charge < -0.3 is 10.8 Å². The molecule has 0 aromatic heterocycles. The fourth-order valence-electron chi connectivity index (χ4n) is 1.86. The average Bonchev–Trinajstić information content (AvgIpc) is 2.47. The van der Waals surface area contributed by atoms with E-state index in [0.717, 1.165) is 22.3 Å². The molecule has 0 aliphatic heterocycles. The van der Waals surface area contributed by atoms with E-state index in [1.165, 1.54) is 0 Å². The highest BCUT2D eigenvalue weighted by atomic mass is 32.1. The van der Waals surface area contributed by atoms with Crippen LogP contribution in [0.5, 0.6) is 0 Å². The number of rotatable bonds is 4. The maximum absolute atomic E-state index is 9.35. The smallest absolute Gasteiger partial charge is 0.184 e. The van der Waals surface area contributed by atoms with Crippen LogP contribution in [0.15, 0.2) is 53.6 Å². The van der Waals surface area contributed by atoms with Crippen LogP contribution in [0.3, 0.4) is 0 Å². The first kappa shape index (κ1) is 14.2. The van der Waals surface area contributed by atoms with Crippen LogP contribution < -0.4 is 11.2 Å². The zero-order chi connectivity index (χ0) is 14.4. The standard InChI is InChI=1S/C15H15N3OS/c16-15(20)18-17-9-11-5-7-12(8-6-11)14-4-2-1-3-13(14)10-19/h1-9,19H,10H2,(H3,16,18,20). The molecule has 2 rings (SSSR count). The summed E-state index contributed by atoms with van der Waals surface area (Å²) in [5.74, 6) is 0. The third-order valence-electron chi connectivity index (χ3n) is 2.80. The quantitative estimate of drug-likeness (QED) is 0.456. The molecule has 0 saturated carbocycles. The number of nitrogens with one attached hydrogen (secondary N) is 1. The highest BCUT2D eigenvalue weighted by Gasteiger charge is 2.02. The van der Waals surface area contributed by atoms with Crippen LogP contribution >= 0.6 is 12.2 Å². The third-order valence-corrected chi connectivity index (χ3v) is 2.89. The topological polar surface area (TPSA) is 70.6 Å². The van der Waals surface area contributed by atoms with Crippen molar-refractivity contribution in [3.05, 3.63) is 59.7 Å². The van der Waals surface area contributed by atoms with Crippen LogP contribution in [0.2, 0.25) is 0 Å². The van der Waals surface area contributed by atoms with Crippen molar-refractivity contribution in [1.29, 1.82) is 0 Å². The molecule has 2 aromatic carbocycles. The van der Waals surface area contributed by atoms with E-state index in [4.69, 9.17) is 5.73 Å². The molecule has 0 saturated heterocycles. The van der Waals surface area contributed by atoms with Crippen molar-refractivity contribution in [3.8, 4) is 11.1 Å². The molecule has 2 aromatic rings. The molecule has 0 bridgehead atoms. The Labute approximate surface area is 122 Å². The molecule has 0 radical (unpaired) electrons. The predicted molar refractivity (Wildman–Crippen MR) is 85.3 cm³/mol. The Hall–Kier alpha value is -2.24. The fourth-order valence-corrected chi connectivity index (χ4v) is 1.91. The molecule has 0 amide bonds. The number of nitrogens with two attached hydrogens (primary N) is 1.